The third kappa shape index (κ3) is 5.44. The van der Waals surface area contributed by atoms with Crippen molar-refractivity contribution in [3.8, 4) is 0 Å². The predicted octanol–water partition coefficient (Wildman–Crippen LogP) is -2.48. The van der Waals surface area contributed by atoms with Gasteiger partial charge in [-0.15, -0.1) is 16.9 Å². The topological polar surface area (TPSA) is 192 Å². The van der Waals surface area contributed by atoms with Crippen LogP contribution in [0.5, 0.6) is 0 Å². The quantitative estimate of drug-likeness (QED) is 0.215. The van der Waals surface area contributed by atoms with Crippen molar-refractivity contribution in [1.29, 1.82) is 0 Å². The number of carbonyl (C=O) groups is 4. The Morgan fingerprint density at radius 3 is 2.67 bits per heavy atom. The molecule has 15 nitrogen and oxygen atoms in total. The highest BCUT2D eigenvalue weighted by Crippen LogP contribution is 2.51. The van der Waals surface area contributed by atoms with E-state index in [0.717, 1.165) is 19.6 Å². The molecule has 4 aliphatic heterocycles. The third-order valence-electron chi connectivity index (χ3n) is 8.23. The number of nitrogens with zero attached hydrogens (tertiary/aromatic N) is 7. The molecule has 3 amide bonds. The highest BCUT2D eigenvalue weighted by atomic mass is 32.2. The molecule has 1 aromatic rings. The average molecular weight is 577 g/mol. The van der Waals surface area contributed by atoms with Gasteiger partial charge in [0, 0.05) is 67.9 Å². The number of aliphatic carboxylic acids is 1. The maximum Gasteiger partial charge on any atom is 0.353 e. The van der Waals surface area contributed by atoms with E-state index in [4.69, 9.17) is 5.73 Å². The number of fused-ring (bicyclic) bond motifs is 1. The van der Waals surface area contributed by atoms with Crippen molar-refractivity contribution >= 4 is 35.5 Å². The second kappa shape index (κ2) is 11.8. The Bertz CT molecular complexity index is 1170. The van der Waals surface area contributed by atoms with Crippen LogP contribution in [0.25, 0.3) is 0 Å². The van der Waals surface area contributed by atoms with Crippen molar-refractivity contribution in [3.63, 3.8) is 0 Å². The van der Waals surface area contributed by atoms with Gasteiger partial charge in [-0.25, -0.2) is 9.48 Å². The lowest BCUT2D eigenvalue weighted by Gasteiger charge is -2.47. The summed E-state index contributed by atoms with van der Waals surface area (Å²) in [6.07, 6.45) is 1.91. The first-order valence-corrected chi connectivity index (χ1v) is 14.5. The number of rotatable bonds is 10. The Morgan fingerprint density at radius 1 is 1.27 bits per heavy atom. The molecular formula is C24H36N10O5S. The molecular weight excluding hydrogens is 540 g/mol. The Kier molecular flexibility index (Phi) is 8.39. The molecule has 6 atom stereocenters. The molecule has 1 unspecified atom stereocenters. The number of piperazine rings is 1. The molecule has 3 saturated heterocycles. The molecule has 40 heavy (non-hydrogen) atoms. The Hall–Kier alpha value is -3.08. The minimum atomic E-state index is -1.15. The van der Waals surface area contributed by atoms with Crippen LogP contribution in [0.3, 0.4) is 0 Å². The number of amides is 3. The Morgan fingerprint density at radius 2 is 2.02 bits per heavy atom. The van der Waals surface area contributed by atoms with E-state index in [1.165, 1.54) is 27.7 Å². The first-order chi connectivity index (χ1) is 19.2. The van der Waals surface area contributed by atoms with Crippen molar-refractivity contribution < 1.29 is 24.3 Å². The number of thioether (sulfide) groups is 1. The van der Waals surface area contributed by atoms with E-state index in [-0.39, 0.29) is 53.2 Å². The van der Waals surface area contributed by atoms with Gasteiger partial charge in [0.05, 0.1) is 18.0 Å². The fraction of sp³-hybridized carbons (Fsp3) is 0.708. The maximum atomic E-state index is 13.2. The van der Waals surface area contributed by atoms with Crippen LogP contribution < -0.4 is 16.4 Å². The molecule has 1 aromatic heterocycles. The number of carboxylic acids is 1. The van der Waals surface area contributed by atoms with E-state index in [1.807, 2.05) is 11.8 Å². The Balaban J connectivity index is 1.19. The summed E-state index contributed by atoms with van der Waals surface area (Å²) >= 11 is 1.45. The molecule has 3 fully saturated rings. The molecule has 0 bridgehead atoms. The summed E-state index contributed by atoms with van der Waals surface area (Å²) < 4.78 is 1.28. The van der Waals surface area contributed by atoms with E-state index in [9.17, 15) is 24.3 Å². The molecule has 0 saturated carbocycles. The van der Waals surface area contributed by atoms with Crippen molar-refractivity contribution in [1.82, 2.24) is 45.5 Å². The summed E-state index contributed by atoms with van der Waals surface area (Å²) in [6, 6.07) is -1.17. The minimum absolute atomic E-state index is 0.0000490. The lowest BCUT2D eigenvalue weighted by Crippen LogP contribution is -2.66. The van der Waals surface area contributed by atoms with Crippen LogP contribution in [-0.2, 0) is 25.7 Å². The third-order valence-corrected chi connectivity index (χ3v) is 9.74. The second-order valence-electron chi connectivity index (χ2n) is 10.8. The number of hydrogen-bond acceptors (Lipinski definition) is 11. The highest BCUT2D eigenvalue weighted by Gasteiger charge is 2.60. The van der Waals surface area contributed by atoms with Gasteiger partial charge in [0.15, 0.2) is 0 Å². The zero-order chi connectivity index (χ0) is 28.6. The van der Waals surface area contributed by atoms with Crippen LogP contribution in [0.4, 0.5) is 0 Å². The number of hydrogen-bond donors (Lipinski definition) is 4. The van der Waals surface area contributed by atoms with Crippen molar-refractivity contribution in [3.05, 3.63) is 16.9 Å². The van der Waals surface area contributed by atoms with Crippen LogP contribution in [0, 0.1) is 11.8 Å². The maximum absolute atomic E-state index is 13.2. The summed E-state index contributed by atoms with van der Waals surface area (Å²) in [7, 11) is 0. The van der Waals surface area contributed by atoms with E-state index in [0.29, 0.717) is 37.5 Å². The van der Waals surface area contributed by atoms with Crippen molar-refractivity contribution in [2.75, 3.05) is 45.8 Å². The van der Waals surface area contributed by atoms with Gasteiger partial charge >= 0.3 is 5.97 Å². The molecule has 0 radical (unpaired) electrons. The fourth-order valence-electron chi connectivity index (χ4n) is 6.24. The SMILES string of the molecule is CC(NC(=O)Cn1cnnn1)[C@H]1C(=O)N2C(C(=O)O)=C(S[C@@H]3CN[C@H](C(=O)N4CCN(CCN)CC4)C3)[C@H](C)[C@H]12. The van der Waals surface area contributed by atoms with E-state index >= 15 is 0 Å². The Labute approximate surface area is 235 Å². The van der Waals surface area contributed by atoms with E-state index in [2.05, 4.69) is 31.1 Å². The van der Waals surface area contributed by atoms with Gasteiger partial charge < -0.3 is 31.3 Å². The number of tetrazole rings is 1. The highest BCUT2D eigenvalue weighted by molar-refractivity contribution is 8.03. The van der Waals surface area contributed by atoms with E-state index < -0.39 is 17.9 Å². The van der Waals surface area contributed by atoms with Crippen molar-refractivity contribution in [2.45, 2.75) is 50.2 Å². The summed E-state index contributed by atoms with van der Waals surface area (Å²) in [5.74, 6) is -2.49. The molecule has 0 aliphatic carbocycles. The molecule has 5 rings (SSSR count). The first kappa shape index (κ1) is 28.4. The predicted molar refractivity (Wildman–Crippen MR) is 143 cm³/mol. The molecule has 0 spiro atoms. The first-order valence-electron chi connectivity index (χ1n) is 13.6. The molecule has 4 aliphatic rings. The number of carboxylic acid groups (broad SMARTS) is 1. The lowest BCUT2D eigenvalue weighted by atomic mass is 9.78. The van der Waals surface area contributed by atoms with Crippen molar-refractivity contribution in [2.24, 2.45) is 17.6 Å². The second-order valence-corrected chi connectivity index (χ2v) is 12.1. The monoisotopic (exact) mass is 576 g/mol. The van der Waals surface area contributed by atoms with Gasteiger partial charge in [0.25, 0.3) is 0 Å². The van der Waals surface area contributed by atoms with Crippen LogP contribution in [0.2, 0.25) is 0 Å². The molecule has 5 N–H and O–H groups in total. The molecule has 0 aromatic carbocycles. The standard InChI is InChI=1S/C24H36N10O5S/c1-13-19-18(14(2)28-17(35)11-33-12-27-29-30-33)23(37)34(19)20(24(38)39)21(13)40-15-9-16(26-10-15)22(36)32-7-5-31(4-3-25)6-8-32/h12-16,18-19,26H,3-11,25H2,1-2H3,(H,28,35)(H,38,39)/t13-,14?,15+,16+,18-,19-/m1/s1. The van der Waals surface area contributed by atoms with Gasteiger partial charge in [-0.2, -0.15) is 0 Å². The van der Waals surface area contributed by atoms with Crippen LogP contribution >= 0.6 is 11.8 Å². The molecule has 16 heteroatoms. The van der Waals surface area contributed by atoms with Crippen LogP contribution in [0.1, 0.15) is 20.3 Å². The molecule has 218 valence electrons. The van der Waals surface area contributed by atoms with Gasteiger partial charge in [-0.05, 0) is 23.8 Å². The smallest absolute Gasteiger partial charge is 0.353 e. The number of carbonyl (C=O) groups excluding carboxylic acids is 3. The number of β-lactam (4-membered cyclic amide) rings is 1. The van der Waals surface area contributed by atoms with Crippen LogP contribution in [0.15, 0.2) is 16.9 Å². The summed E-state index contributed by atoms with van der Waals surface area (Å²) in [4.78, 5) is 57.2. The van der Waals surface area contributed by atoms with E-state index in [1.54, 1.807) is 6.92 Å². The zero-order valence-electron chi connectivity index (χ0n) is 22.6. The van der Waals surface area contributed by atoms with Gasteiger partial charge in [-0.1, -0.05) is 6.92 Å². The molecule has 5 heterocycles. The van der Waals surface area contributed by atoms with Gasteiger partial charge in [-0.3, -0.25) is 19.3 Å². The largest absolute Gasteiger partial charge is 0.477 e. The summed E-state index contributed by atoms with van der Waals surface area (Å²) in [5, 5.41) is 26.9. The lowest BCUT2D eigenvalue weighted by molar-refractivity contribution is -0.158. The minimum Gasteiger partial charge on any atom is -0.477 e. The normalized spacial score (nSPS) is 29.4. The summed E-state index contributed by atoms with van der Waals surface area (Å²) in [5.41, 5.74) is 5.66. The number of nitrogens with two attached hydrogens (primary N) is 1. The summed E-state index contributed by atoms with van der Waals surface area (Å²) in [6.45, 7) is 8.56. The number of aromatic nitrogens is 4. The zero-order valence-corrected chi connectivity index (χ0v) is 23.4. The number of nitrogens with one attached hydrogen (secondary N) is 2. The van der Waals surface area contributed by atoms with Crippen LogP contribution in [-0.4, -0.2) is 133 Å². The average Bonchev–Trinajstić information content (AvgIpc) is 3.65. The van der Waals surface area contributed by atoms with Gasteiger partial charge in [0.1, 0.15) is 18.6 Å². The fourth-order valence-corrected chi connectivity index (χ4v) is 7.72. The van der Waals surface area contributed by atoms with Gasteiger partial charge in [0.2, 0.25) is 17.7 Å².